The molecule has 2 atom stereocenters. The van der Waals surface area contributed by atoms with E-state index in [1.165, 1.54) is 12.1 Å². The van der Waals surface area contributed by atoms with E-state index in [2.05, 4.69) is 11.9 Å². The van der Waals surface area contributed by atoms with Crippen LogP contribution >= 0.6 is 0 Å². The van der Waals surface area contributed by atoms with Crippen LogP contribution in [0.4, 0.5) is 0 Å². The zero-order valence-electron chi connectivity index (χ0n) is 18.6. The molecule has 0 radical (unpaired) electrons. The van der Waals surface area contributed by atoms with E-state index >= 15 is 0 Å². The number of pyridine rings is 1. The third-order valence-electron chi connectivity index (χ3n) is 4.30. The molecule has 1 aromatic rings. The topological polar surface area (TPSA) is 102 Å². The Morgan fingerprint density at radius 3 is 1.90 bits per heavy atom. The Morgan fingerprint density at radius 1 is 0.871 bits per heavy atom. The predicted octanol–water partition coefficient (Wildman–Crippen LogP) is 2.80. The van der Waals surface area contributed by atoms with Crippen molar-refractivity contribution in [2.45, 2.75) is 52.2 Å². The lowest BCUT2D eigenvalue weighted by molar-refractivity contribution is -0.0300. The van der Waals surface area contributed by atoms with Gasteiger partial charge in [-0.3, -0.25) is 0 Å². The summed E-state index contributed by atoms with van der Waals surface area (Å²) in [6.07, 6.45) is 1.95. The zero-order valence-corrected chi connectivity index (χ0v) is 18.6. The van der Waals surface area contributed by atoms with Crippen LogP contribution in [0.1, 0.15) is 61.0 Å². The highest BCUT2D eigenvalue weighted by Gasteiger charge is 2.21. The second kappa shape index (κ2) is 14.0. The summed E-state index contributed by atoms with van der Waals surface area (Å²) in [5.74, 6) is -0.972. The first-order valence-corrected chi connectivity index (χ1v) is 10.8. The van der Waals surface area contributed by atoms with Crippen molar-refractivity contribution in [3.63, 3.8) is 0 Å². The summed E-state index contributed by atoms with van der Waals surface area (Å²) in [5.41, 5.74) is -0.0553. The number of cyclic esters (lactones) is 2. The smallest absolute Gasteiger partial charge is 0.357 e. The fraction of sp³-hybridized carbons (Fsp3) is 0.682. The van der Waals surface area contributed by atoms with Crippen LogP contribution < -0.4 is 4.74 Å². The highest BCUT2D eigenvalue weighted by molar-refractivity contribution is 5.92. The minimum atomic E-state index is -0.669. The van der Waals surface area contributed by atoms with Crippen LogP contribution in [0.3, 0.4) is 0 Å². The van der Waals surface area contributed by atoms with Gasteiger partial charge in [-0.1, -0.05) is 19.8 Å². The number of esters is 2. The van der Waals surface area contributed by atoms with Crippen molar-refractivity contribution in [2.75, 3.05) is 46.2 Å². The largest absolute Gasteiger partial charge is 0.493 e. The molecule has 0 N–H and O–H groups in total. The van der Waals surface area contributed by atoms with Gasteiger partial charge in [0.05, 0.1) is 46.2 Å². The van der Waals surface area contributed by atoms with Crippen molar-refractivity contribution in [3.8, 4) is 5.75 Å². The quantitative estimate of drug-likeness (QED) is 0.506. The summed E-state index contributed by atoms with van der Waals surface area (Å²) in [7, 11) is 0. The number of carbonyl (C=O) groups excluding carboxylic acids is 2. The number of hydrogen-bond donors (Lipinski definition) is 0. The molecule has 0 saturated heterocycles. The van der Waals surface area contributed by atoms with E-state index in [9.17, 15) is 9.59 Å². The van der Waals surface area contributed by atoms with Crippen LogP contribution in [0.15, 0.2) is 12.1 Å². The normalized spacial score (nSPS) is 22.0. The van der Waals surface area contributed by atoms with Crippen molar-refractivity contribution in [2.24, 2.45) is 0 Å². The second-order valence-corrected chi connectivity index (χ2v) is 7.32. The number of rotatable bonds is 5. The molecule has 2 rings (SSSR count). The number of hydrogen-bond acceptors (Lipinski definition) is 9. The van der Waals surface area contributed by atoms with E-state index in [1.54, 1.807) is 13.8 Å². The SMILES string of the molecule is CCCCCOc1cc2nc(c1)C(=O)OC(C)COCCOCCOCC(C)OC2=O. The van der Waals surface area contributed by atoms with Crippen LogP contribution in [-0.4, -0.2) is 75.4 Å². The third-order valence-corrected chi connectivity index (χ3v) is 4.30. The van der Waals surface area contributed by atoms with Gasteiger partial charge in [0.2, 0.25) is 0 Å². The Balaban J connectivity index is 2.18. The van der Waals surface area contributed by atoms with Crippen molar-refractivity contribution < 1.29 is 38.0 Å². The van der Waals surface area contributed by atoms with Crippen molar-refractivity contribution in [3.05, 3.63) is 23.5 Å². The summed E-state index contributed by atoms with van der Waals surface area (Å²) in [5, 5.41) is 0. The van der Waals surface area contributed by atoms with E-state index in [4.69, 9.17) is 28.4 Å². The number of unbranched alkanes of at least 4 members (excludes halogenated alkanes) is 2. The molecule has 0 spiro atoms. The summed E-state index contributed by atoms with van der Waals surface area (Å²) in [4.78, 5) is 29.3. The highest BCUT2D eigenvalue weighted by Crippen LogP contribution is 2.18. The number of fused-ring (bicyclic) bond motifs is 2. The maximum atomic E-state index is 12.6. The first kappa shape index (κ1) is 25.0. The Kier molecular flexibility index (Phi) is 11.3. The number of carbonyl (C=O) groups is 2. The second-order valence-electron chi connectivity index (χ2n) is 7.32. The van der Waals surface area contributed by atoms with Crippen LogP contribution in [0, 0.1) is 0 Å². The molecule has 0 aliphatic carbocycles. The van der Waals surface area contributed by atoms with E-state index in [1.807, 2.05) is 0 Å². The predicted molar refractivity (Wildman–Crippen MR) is 111 cm³/mol. The summed E-state index contributed by atoms with van der Waals surface area (Å²) >= 11 is 0. The molecule has 0 amide bonds. The van der Waals surface area contributed by atoms with Gasteiger partial charge in [0.15, 0.2) is 11.4 Å². The van der Waals surface area contributed by atoms with Crippen molar-refractivity contribution in [1.82, 2.24) is 4.98 Å². The van der Waals surface area contributed by atoms with Crippen LogP contribution in [0.5, 0.6) is 5.75 Å². The van der Waals surface area contributed by atoms with Gasteiger partial charge in [0.25, 0.3) is 0 Å². The monoisotopic (exact) mass is 439 g/mol. The zero-order chi connectivity index (χ0) is 22.5. The van der Waals surface area contributed by atoms with E-state index in [-0.39, 0.29) is 24.6 Å². The molecule has 1 aliphatic rings. The van der Waals surface area contributed by atoms with Crippen LogP contribution in [0.25, 0.3) is 0 Å². The number of aromatic nitrogens is 1. The maximum absolute atomic E-state index is 12.6. The molecule has 2 unspecified atom stereocenters. The molecule has 0 fully saturated rings. The average molecular weight is 440 g/mol. The van der Waals surface area contributed by atoms with Crippen LogP contribution in [0.2, 0.25) is 0 Å². The number of ether oxygens (including phenoxy) is 6. The Hall–Kier alpha value is -2.23. The molecule has 174 valence electrons. The minimum Gasteiger partial charge on any atom is -0.493 e. The van der Waals surface area contributed by atoms with Gasteiger partial charge in [-0.25, -0.2) is 14.6 Å². The Bertz CT molecular complexity index is 648. The molecule has 0 aromatic carbocycles. The lowest BCUT2D eigenvalue weighted by Crippen LogP contribution is -2.25. The maximum Gasteiger partial charge on any atom is 0.357 e. The summed E-state index contributed by atoms with van der Waals surface area (Å²) in [6.45, 7) is 7.97. The van der Waals surface area contributed by atoms with Gasteiger partial charge in [-0.2, -0.15) is 0 Å². The van der Waals surface area contributed by atoms with Gasteiger partial charge in [0, 0.05) is 12.1 Å². The van der Waals surface area contributed by atoms with Crippen molar-refractivity contribution in [1.29, 1.82) is 0 Å². The van der Waals surface area contributed by atoms with Gasteiger partial charge >= 0.3 is 11.9 Å². The summed E-state index contributed by atoms with van der Waals surface area (Å²) < 4.78 is 32.9. The minimum absolute atomic E-state index is 0.0276. The summed E-state index contributed by atoms with van der Waals surface area (Å²) in [6, 6.07) is 2.94. The average Bonchev–Trinajstić information content (AvgIpc) is 2.74. The van der Waals surface area contributed by atoms with Gasteiger partial charge < -0.3 is 28.4 Å². The van der Waals surface area contributed by atoms with Gasteiger partial charge in [-0.15, -0.1) is 0 Å². The lowest BCUT2D eigenvalue weighted by Gasteiger charge is -2.16. The molecule has 2 heterocycles. The highest BCUT2D eigenvalue weighted by atomic mass is 16.6. The molecule has 2 bridgehead atoms. The van der Waals surface area contributed by atoms with E-state index < -0.39 is 24.1 Å². The number of nitrogens with zero attached hydrogens (tertiary/aromatic N) is 1. The Morgan fingerprint density at radius 2 is 1.39 bits per heavy atom. The lowest BCUT2D eigenvalue weighted by atomic mass is 10.2. The van der Waals surface area contributed by atoms with Gasteiger partial charge in [0.1, 0.15) is 18.0 Å². The molecule has 1 aromatic heterocycles. The molecular weight excluding hydrogens is 406 g/mol. The van der Waals surface area contributed by atoms with Crippen LogP contribution in [-0.2, 0) is 23.7 Å². The molecule has 9 nitrogen and oxygen atoms in total. The molecule has 0 saturated carbocycles. The Labute approximate surface area is 183 Å². The molecule has 31 heavy (non-hydrogen) atoms. The third kappa shape index (κ3) is 9.63. The fourth-order valence-corrected chi connectivity index (χ4v) is 2.73. The molecule has 9 heteroatoms. The first-order valence-electron chi connectivity index (χ1n) is 10.8. The fourth-order valence-electron chi connectivity index (χ4n) is 2.73. The van der Waals surface area contributed by atoms with E-state index in [0.717, 1.165) is 19.3 Å². The van der Waals surface area contributed by atoms with Crippen molar-refractivity contribution >= 4 is 11.9 Å². The molecule has 1 aliphatic heterocycles. The standard InChI is InChI=1S/C22H33NO8/c1-4-5-6-7-29-18-12-19-21(24)30-16(2)14-27-10-8-26-9-11-28-15-17(3)31-22(25)20(13-18)23-19/h12-13,16-17H,4-11,14-15H2,1-3H3. The molecular formula is C22H33NO8. The van der Waals surface area contributed by atoms with Gasteiger partial charge in [-0.05, 0) is 20.3 Å². The van der Waals surface area contributed by atoms with E-state index in [0.29, 0.717) is 38.8 Å². The first-order chi connectivity index (χ1) is 15.0.